The van der Waals surface area contributed by atoms with Crippen molar-refractivity contribution in [1.29, 1.82) is 0 Å². The van der Waals surface area contributed by atoms with Crippen LogP contribution in [0.15, 0.2) is 33.2 Å². The number of nitrogens with zero attached hydrogens (tertiary/aromatic N) is 3. The number of anilines is 1. The van der Waals surface area contributed by atoms with Gasteiger partial charge in [0.2, 0.25) is 0 Å². The van der Waals surface area contributed by atoms with Gasteiger partial charge in [0.15, 0.2) is 0 Å². The summed E-state index contributed by atoms with van der Waals surface area (Å²) in [5.74, 6) is 2.12. The van der Waals surface area contributed by atoms with Gasteiger partial charge in [-0.15, -0.1) is 0 Å². The highest BCUT2D eigenvalue weighted by molar-refractivity contribution is 5.81. The molecule has 2 aliphatic rings. The summed E-state index contributed by atoms with van der Waals surface area (Å²) in [4.78, 5) is 4.50. The molecule has 0 saturated carbocycles. The fourth-order valence-corrected chi connectivity index (χ4v) is 5.43. The number of fused-ring (bicyclic) bond motifs is 3. The first-order valence-electron chi connectivity index (χ1n) is 10.3. The number of aryl methyl sites for hydroxylation is 4. The minimum atomic E-state index is -0.00557. The van der Waals surface area contributed by atoms with Gasteiger partial charge in [-0.25, -0.2) is 0 Å². The van der Waals surface area contributed by atoms with Gasteiger partial charge in [-0.1, -0.05) is 23.3 Å². The number of hydrogen-bond acceptors (Lipinski definition) is 7. The molecule has 5 rings (SSSR count). The number of ether oxygens (including phenoxy) is 1. The molecule has 0 fully saturated rings. The number of rotatable bonds is 3. The molecular formula is C23H26N4O3. The first-order chi connectivity index (χ1) is 14.4. The summed E-state index contributed by atoms with van der Waals surface area (Å²) in [5, 5.41) is 12.0. The van der Waals surface area contributed by atoms with Crippen LogP contribution in [0, 0.1) is 33.6 Å². The molecule has 0 spiro atoms. The third kappa shape index (κ3) is 2.58. The smallest absolute Gasteiger partial charge is 0.141 e. The number of allylic oxidation sites excluding steroid dienone is 1. The third-order valence-corrected chi connectivity index (χ3v) is 6.67. The molecule has 3 aromatic heterocycles. The molecular weight excluding hydrogens is 380 g/mol. The van der Waals surface area contributed by atoms with Crippen LogP contribution in [0.1, 0.15) is 52.8 Å². The average Bonchev–Trinajstić information content (AvgIpc) is 3.36. The van der Waals surface area contributed by atoms with E-state index in [1.165, 1.54) is 11.3 Å². The lowest BCUT2D eigenvalue weighted by Gasteiger charge is -2.38. The van der Waals surface area contributed by atoms with Crippen molar-refractivity contribution >= 4 is 5.69 Å². The van der Waals surface area contributed by atoms with Crippen LogP contribution < -0.4 is 5.32 Å². The van der Waals surface area contributed by atoms with Crippen LogP contribution in [0.2, 0.25) is 0 Å². The SMILES string of the molecule is COC1C(c2c(C)noc2C)C=C2Nc3cncc(-c4c(C)noc4C)c3C2C1C. The molecule has 4 atom stereocenters. The van der Waals surface area contributed by atoms with E-state index in [9.17, 15) is 0 Å². The van der Waals surface area contributed by atoms with Crippen LogP contribution >= 0.6 is 0 Å². The third-order valence-electron chi connectivity index (χ3n) is 6.67. The Labute approximate surface area is 175 Å². The van der Waals surface area contributed by atoms with Gasteiger partial charge in [0.25, 0.3) is 0 Å². The number of hydrogen-bond donors (Lipinski definition) is 1. The Morgan fingerprint density at radius 1 is 0.967 bits per heavy atom. The predicted octanol–water partition coefficient (Wildman–Crippen LogP) is 4.80. The average molecular weight is 406 g/mol. The van der Waals surface area contributed by atoms with E-state index in [2.05, 4.69) is 33.6 Å². The summed E-state index contributed by atoms with van der Waals surface area (Å²) in [7, 11) is 1.79. The van der Waals surface area contributed by atoms with Gasteiger partial charge in [0.1, 0.15) is 11.5 Å². The van der Waals surface area contributed by atoms with Crippen molar-refractivity contribution in [2.45, 2.75) is 52.6 Å². The molecule has 30 heavy (non-hydrogen) atoms. The zero-order chi connectivity index (χ0) is 21.2. The topological polar surface area (TPSA) is 86.2 Å². The zero-order valence-corrected chi connectivity index (χ0v) is 18.1. The molecule has 0 saturated heterocycles. The van der Waals surface area contributed by atoms with Crippen molar-refractivity contribution in [1.82, 2.24) is 15.3 Å². The van der Waals surface area contributed by atoms with Crippen molar-refractivity contribution < 1.29 is 13.8 Å². The van der Waals surface area contributed by atoms with Gasteiger partial charge < -0.3 is 19.1 Å². The Balaban J connectivity index is 1.68. The van der Waals surface area contributed by atoms with E-state index in [0.717, 1.165) is 45.3 Å². The number of aromatic nitrogens is 3. The summed E-state index contributed by atoms with van der Waals surface area (Å²) < 4.78 is 17.0. The monoisotopic (exact) mass is 406 g/mol. The van der Waals surface area contributed by atoms with Crippen molar-refractivity contribution in [3.8, 4) is 11.1 Å². The molecule has 1 aliphatic carbocycles. The molecule has 0 aromatic carbocycles. The van der Waals surface area contributed by atoms with Crippen LogP contribution in [0.25, 0.3) is 11.1 Å². The molecule has 3 aromatic rings. The highest BCUT2D eigenvalue weighted by Crippen LogP contribution is 2.54. The van der Waals surface area contributed by atoms with Crippen molar-refractivity contribution in [2.24, 2.45) is 5.92 Å². The molecule has 1 N–H and O–H groups in total. The quantitative estimate of drug-likeness (QED) is 0.668. The molecule has 4 unspecified atom stereocenters. The van der Waals surface area contributed by atoms with E-state index in [4.69, 9.17) is 13.8 Å². The lowest BCUT2D eigenvalue weighted by molar-refractivity contribution is 0.0356. The summed E-state index contributed by atoms with van der Waals surface area (Å²) in [6.45, 7) is 10.1. The van der Waals surface area contributed by atoms with Gasteiger partial charge in [-0.05, 0) is 39.2 Å². The standard InChI is InChI=1S/C23H26N4O3/c1-10-19-17(7-15(23(10)28-6)20-11(2)26-29-13(20)4)25-18-9-24-8-16(22(18)19)21-12(3)27-30-14(21)5/h7-10,15,19,23,25H,1-6H3. The number of nitrogens with one attached hydrogen (secondary N) is 1. The van der Waals surface area contributed by atoms with E-state index in [-0.39, 0.29) is 23.9 Å². The van der Waals surface area contributed by atoms with Gasteiger partial charge in [-0.2, -0.15) is 0 Å². The van der Waals surface area contributed by atoms with Crippen LogP contribution in [-0.4, -0.2) is 28.5 Å². The lowest BCUT2D eigenvalue weighted by atomic mass is 9.70. The minimum absolute atomic E-state index is 0.00557. The van der Waals surface area contributed by atoms with Crippen LogP contribution in [0.4, 0.5) is 5.69 Å². The fraction of sp³-hybridized carbons (Fsp3) is 0.435. The molecule has 4 heterocycles. The summed E-state index contributed by atoms with van der Waals surface area (Å²) >= 11 is 0. The fourth-order valence-electron chi connectivity index (χ4n) is 5.43. The minimum Gasteiger partial charge on any atom is -0.380 e. The highest BCUT2D eigenvalue weighted by Gasteiger charge is 2.45. The maximum atomic E-state index is 6.06. The normalized spacial score (nSPS) is 24.9. The van der Waals surface area contributed by atoms with Gasteiger partial charge in [0, 0.05) is 47.5 Å². The lowest BCUT2D eigenvalue weighted by Crippen LogP contribution is -2.36. The zero-order valence-electron chi connectivity index (χ0n) is 18.1. The maximum Gasteiger partial charge on any atom is 0.141 e. The molecule has 1 aliphatic heterocycles. The molecule has 156 valence electrons. The Morgan fingerprint density at radius 3 is 2.33 bits per heavy atom. The van der Waals surface area contributed by atoms with Crippen LogP contribution in [0.5, 0.6) is 0 Å². The number of pyridine rings is 1. The second-order valence-corrected chi connectivity index (χ2v) is 8.40. The Morgan fingerprint density at radius 2 is 1.70 bits per heavy atom. The van der Waals surface area contributed by atoms with E-state index < -0.39 is 0 Å². The summed E-state index contributed by atoms with van der Waals surface area (Å²) in [5.41, 5.74) is 8.44. The van der Waals surface area contributed by atoms with Crippen LogP contribution in [-0.2, 0) is 4.74 Å². The predicted molar refractivity (Wildman–Crippen MR) is 112 cm³/mol. The van der Waals surface area contributed by atoms with Crippen molar-refractivity contribution in [3.63, 3.8) is 0 Å². The highest BCUT2D eigenvalue weighted by atomic mass is 16.5. The second-order valence-electron chi connectivity index (χ2n) is 8.40. The van der Waals surface area contributed by atoms with E-state index in [1.807, 2.05) is 40.1 Å². The van der Waals surface area contributed by atoms with Crippen molar-refractivity contribution in [2.75, 3.05) is 12.4 Å². The first-order valence-corrected chi connectivity index (χ1v) is 10.3. The van der Waals surface area contributed by atoms with E-state index >= 15 is 0 Å². The first kappa shape index (κ1) is 19.1. The Bertz CT molecular complexity index is 1120. The summed E-state index contributed by atoms with van der Waals surface area (Å²) in [6, 6.07) is 0. The molecule has 0 bridgehead atoms. The second kappa shape index (κ2) is 6.80. The molecule has 0 radical (unpaired) electrons. The maximum absolute atomic E-state index is 6.06. The molecule has 7 heteroatoms. The van der Waals surface area contributed by atoms with Crippen LogP contribution in [0.3, 0.4) is 0 Å². The van der Waals surface area contributed by atoms with Gasteiger partial charge in [-0.3, -0.25) is 4.98 Å². The largest absolute Gasteiger partial charge is 0.380 e. The Kier molecular flexibility index (Phi) is 4.32. The van der Waals surface area contributed by atoms with Gasteiger partial charge >= 0.3 is 0 Å². The van der Waals surface area contributed by atoms with E-state index in [1.54, 1.807) is 7.11 Å². The Hall–Kier alpha value is -2.93. The summed E-state index contributed by atoms with van der Waals surface area (Å²) in [6.07, 6.45) is 6.09. The number of methoxy groups -OCH3 is 1. The van der Waals surface area contributed by atoms with Gasteiger partial charge in [0.05, 0.1) is 29.4 Å². The van der Waals surface area contributed by atoms with E-state index in [0.29, 0.717) is 0 Å². The molecule has 0 amide bonds. The molecule has 7 nitrogen and oxygen atoms in total. The van der Waals surface area contributed by atoms with Crippen molar-refractivity contribution in [3.05, 3.63) is 58.2 Å².